The highest BCUT2D eigenvalue weighted by Crippen LogP contribution is 2.27. The van der Waals surface area contributed by atoms with E-state index in [1.165, 1.54) is 12.1 Å². The van der Waals surface area contributed by atoms with Crippen LogP contribution >= 0.6 is 0 Å². The summed E-state index contributed by atoms with van der Waals surface area (Å²) in [6.45, 7) is 5.59. The van der Waals surface area contributed by atoms with E-state index in [1.54, 1.807) is 36.4 Å². The number of nitrogens with zero attached hydrogens (tertiary/aromatic N) is 3. The number of rotatable bonds is 7. The molecule has 1 aromatic heterocycles. The fourth-order valence-electron chi connectivity index (χ4n) is 3.87. The quantitative estimate of drug-likeness (QED) is 0.629. The highest BCUT2D eigenvalue weighted by atomic mass is 19.1. The van der Waals surface area contributed by atoms with Gasteiger partial charge >= 0.3 is 0 Å². The Labute approximate surface area is 200 Å². The molecule has 182 valence electrons. The SMILES string of the molecule is COCC#Cc1cnc2c(c1)C(=O)N([C@H](C)CO)C[C@@H](C)[C@H](CN(C)Cc1ccc(F)cc1)O2. The fourth-order valence-corrected chi connectivity index (χ4v) is 3.87. The molecule has 8 heteroatoms. The highest BCUT2D eigenvalue weighted by Gasteiger charge is 2.34. The Morgan fingerprint density at radius 3 is 2.79 bits per heavy atom. The van der Waals surface area contributed by atoms with Gasteiger partial charge in [-0.3, -0.25) is 9.69 Å². The Morgan fingerprint density at radius 1 is 1.38 bits per heavy atom. The number of aliphatic hydroxyl groups excluding tert-OH is 1. The predicted molar refractivity (Wildman–Crippen MR) is 127 cm³/mol. The Morgan fingerprint density at radius 2 is 2.12 bits per heavy atom. The van der Waals surface area contributed by atoms with E-state index in [2.05, 4.69) is 21.7 Å². The van der Waals surface area contributed by atoms with Gasteiger partial charge in [-0.05, 0) is 37.7 Å². The number of likely N-dealkylation sites (N-methyl/N-ethyl adjacent to an activating group) is 1. The number of halogens is 1. The van der Waals surface area contributed by atoms with Gasteiger partial charge in [0, 0.05) is 44.4 Å². The average Bonchev–Trinajstić information content (AvgIpc) is 2.82. The fraction of sp³-hybridized carbons (Fsp3) is 0.462. The summed E-state index contributed by atoms with van der Waals surface area (Å²) < 4.78 is 24.5. The van der Waals surface area contributed by atoms with Crippen LogP contribution in [0.1, 0.15) is 35.3 Å². The standard InChI is InChI=1S/C26H32FN3O4/c1-18-14-30(19(2)17-31)26(32)23-12-21(6-5-11-33-4)13-28-25(23)34-24(18)16-29(3)15-20-7-9-22(27)10-8-20/h7-10,12-13,18-19,24,31H,11,14-17H2,1-4H3/t18-,19-,24+/m1/s1. The first-order chi connectivity index (χ1) is 16.3. The normalized spacial score (nSPS) is 18.9. The molecule has 0 radical (unpaired) electrons. The lowest BCUT2D eigenvalue weighted by Crippen LogP contribution is -2.49. The Kier molecular flexibility index (Phi) is 8.99. The zero-order valence-corrected chi connectivity index (χ0v) is 20.1. The first-order valence-corrected chi connectivity index (χ1v) is 11.3. The second-order valence-corrected chi connectivity index (χ2v) is 8.76. The van der Waals surface area contributed by atoms with E-state index in [4.69, 9.17) is 9.47 Å². The van der Waals surface area contributed by atoms with Crippen LogP contribution in [-0.2, 0) is 11.3 Å². The number of amides is 1. The third-order valence-electron chi connectivity index (χ3n) is 5.83. The van der Waals surface area contributed by atoms with E-state index in [0.717, 1.165) is 5.56 Å². The maximum absolute atomic E-state index is 13.4. The first kappa shape index (κ1) is 25.6. The summed E-state index contributed by atoms with van der Waals surface area (Å²) in [5.41, 5.74) is 1.90. The first-order valence-electron chi connectivity index (χ1n) is 11.3. The molecule has 3 rings (SSSR count). The second kappa shape index (κ2) is 11.9. The molecular formula is C26H32FN3O4. The van der Waals surface area contributed by atoms with Crippen molar-refractivity contribution in [1.29, 1.82) is 0 Å². The van der Waals surface area contributed by atoms with Crippen LogP contribution in [0.2, 0.25) is 0 Å². The summed E-state index contributed by atoms with van der Waals surface area (Å²) in [5.74, 6) is 5.53. The Balaban J connectivity index is 1.88. The van der Waals surface area contributed by atoms with Crippen LogP contribution in [0.15, 0.2) is 36.5 Å². The predicted octanol–water partition coefficient (Wildman–Crippen LogP) is 2.57. The molecule has 7 nitrogen and oxygen atoms in total. The van der Waals surface area contributed by atoms with E-state index in [1.807, 2.05) is 20.9 Å². The number of fused-ring (bicyclic) bond motifs is 1. The van der Waals surface area contributed by atoms with Crippen LogP contribution in [0.25, 0.3) is 0 Å². The number of aliphatic hydroxyl groups is 1. The van der Waals surface area contributed by atoms with Crippen molar-refractivity contribution in [3.8, 4) is 17.7 Å². The van der Waals surface area contributed by atoms with Crippen molar-refractivity contribution in [3.63, 3.8) is 0 Å². The van der Waals surface area contributed by atoms with Gasteiger partial charge in [0.05, 0.1) is 12.6 Å². The van der Waals surface area contributed by atoms with E-state index in [-0.39, 0.29) is 48.9 Å². The van der Waals surface area contributed by atoms with Crippen molar-refractivity contribution < 1.29 is 23.8 Å². The Bertz CT molecular complexity index is 1030. The number of carbonyl (C=O) groups excluding carboxylic acids is 1. The number of hydrogen-bond acceptors (Lipinski definition) is 6. The monoisotopic (exact) mass is 469 g/mol. The third kappa shape index (κ3) is 6.54. The average molecular weight is 470 g/mol. The minimum Gasteiger partial charge on any atom is -0.472 e. The molecule has 2 aromatic rings. The molecule has 1 aliphatic rings. The molecule has 1 amide bonds. The molecule has 0 aliphatic carbocycles. The van der Waals surface area contributed by atoms with Gasteiger partial charge in [0.15, 0.2) is 0 Å². The van der Waals surface area contributed by atoms with Crippen molar-refractivity contribution >= 4 is 5.91 Å². The number of benzene rings is 1. The second-order valence-electron chi connectivity index (χ2n) is 8.76. The third-order valence-corrected chi connectivity index (χ3v) is 5.83. The number of aromatic nitrogens is 1. The molecule has 0 bridgehead atoms. The number of ether oxygens (including phenoxy) is 2. The molecule has 0 spiro atoms. The molecule has 1 N–H and O–H groups in total. The van der Waals surface area contributed by atoms with Crippen LogP contribution in [0.4, 0.5) is 4.39 Å². The van der Waals surface area contributed by atoms with Crippen LogP contribution < -0.4 is 4.74 Å². The molecule has 0 unspecified atom stereocenters. The van der Waals surface area contributed by atoms with Gasteiger partial charge in [0.25, 0.3) is 5.91 Å². The molecule has 0 saturated heterocycles. The van der Waals surface area contributed by atoms with Crippen LogP contribution in [0.5, 0.6) is 5.88 Å². The lowest BCUT2D eigenvalue weighted by Gasteiger charge is -2.37. The van der Waals surface area contributed by atoms with Gasteiger partial charge < -0.3 is 19.5 Å². The van der Waals surface area contributed by atoms with Gasteiger partial charge in [0.2, 0.25) is 5.88 Å². The summed E-state index contributed by atoms with van der Waals surface area (Å²) >= 11 is 0. The van der Waals surface area contributed by atoms with Crippen molar-refractivity contribution in [2.45, 2.75) is 32.5 Å². The maximum atomic E-state index is 13.4. The van der Waals surface area contributed by atoms with Crippen molar-refractivity contribution in [2.24, 2.45) is 5.92 Å². The van der Waals surface area contributed by atoms with Crippen LogP contribution in [-0.4, -0.2) is 78.4 Å². The van der Waals surface area contributed by atoms with Gasteiger partial charge in [0.1, 0.15) is 24.1 Å². The van der Waals surface area contributed by atoms with E-state index < -0.39 is 0 Å². The van der Waals surface area contributed by atoms with Crippen molar-refractivity contribution in [2.75, 3.05) is 40.5 Å². The lowest BCUT2D eigenvalue weighted by atomic mass is 9.99. The number of methoxy groups -OCH3 is 1. The Hall–Kier alpha value is -2.99. The van der Waals surface area contributed by atoms with Gasteiger partial charge in [-0.1, -0.05) is 30.9 Å². The summed E-state index contributed by atoms with van der Waals surface area (Å²) in [6, 6.07) is 7.75. The topological polar surface area (TPSA) is 75.1 Å². The molecule has 0 fully saturated rings. The largest absolute Gasteiger partial charge is 0.472 e. The number of carbonyl (C=O) groups is 1. The minimum atomic E-state index is -0.360. The molecular weight excluding hydrogens is 437 g/mol. The zero-order chi connectivity index (χ0) is 24.7. The highest BCUT2D eigenvalue weighted by molar-refractivity contribution is 5.97. The van der Waals surface area contributed by atoms with Gasteiger partial charge in [-0.2, -0.15) is 0 Å². The molecule has 0 saturated carbocycles. The molecule has 3 atom stereocenters. The van der Waals surface area contributed by atoms with Crippen LogP contribution in [0.3, 0.4) is 0 Å². The van der Waals surface area contributed by atoms with Crippen molar-refractivity contribution in [3.05, 3.63) is 59.0 Å². The summed E-state index contributed by atoms with van der Waals surface area (Å²) in [7, 11) is 3.54. The zero-order valence-electron chi connectivity index (χ0n) is 20.1. The number of pyridine rings is 1. The van der Waals surface area contributed by atoms with Gasteiger partial charge in [-0.25, -0.2) is 9.37 Å². The molecule has 34 heavy (non-hydrogen) atoms. The smallest absolute Gasteiger partial charge is 0.259 e. The van der Waals surface area contributed by atoms with E-state index in [0.29, 0.717) is 30.8 Å². The van der Waals surface area contributed by atoms with Crippen molar-refractivity contribution in [1.82, 2.24) is 14.8 Å². The molecule has 1 aromatic carbocycles. The molecule has 2 heterocycles. The maximum Gasteiger partial charge on any atom is 0.259 e. The summed E-state index contributed by atoms with van der Waals surface area (Å²) in [4.78, 5) is 21.6. The molecule has 1 aliphatic heterocycles. The summed E-state index contributed by atoms with van der Waals surface area (Å²) in [6.07, 6.45) is 1.32. The lowest BCUT2D eigenvalue weighted by molar-refractivity contribution is 0.0325. The minimum absolute atomic E-state index is 0.0234. The van der Waals surface area contributed by atoms with E-state index in [9.17, 15) is 14.3 Å². The number of hydrogen-bond donors (Lipinski definition) is 1. The summed E-state index contributed by atoms with van der Waals surface area (Å²) in [5, 5.41) is 9.78. The van der Waals surface area contributed by atoms with Gasteiger partial charge in [-0.15, -0.1) is 0 Å². The van der Waals surface area contributed by atoms with E-state index >= 15 is 0 Å². The van der Waals surface area contributed by atoms with Crippen LogP contribution in [0, 0.1) is 23.6 Å².